The monoisotopic (exact) mass is 259 g/mol. The second-order valence-corrected chi connectivity index (χ2v) is 6.27. The number of aliphatic hydroxyl groups is 1. The summed E-state index contributed by atoms with van der Waals surface area (Å²) in [6, 6.07) is 11.5. The van der Waals surface area contributed by atoms with Gasteiger partial charge in [0.15, 0.2) is 0 Å². The van der Waals surface area contributed by atoms with Crippen LogP contribution in [-0.2, 0) is 0 Å². The lowest BCUT2D eigenvalue weighted by Crippen LogP contribution is -2.38. The van der Waals surface area contributed by atoms with Crippen LogP contribution in [0.2, 0.25) is 0 Å². The van der Waals surface area contributed by atoms with Crippen LogP contribution in [0.15, 0.2) is 30.3 Å². The van der Waals surface area contributed by atoms with Gasteiger partial charge in [0.25, 0.3) is 0 Å². The van der Waals surface area contributed by atoms with Gasteiger partial charge in [-0.15, -0.1) is 0 Å². The molecular weight excluding hydrogens is 234 g/mol. The highest BCUT2D eigenvalue weighted by Crippen LogP contribution is 2.34. The predicted octanol–water partition coefficient (Wildman–Crippen LogP) is 3.07. The van der Waals surface area contributed by atoms with Crippen molar-refractivity contribution in [2.24, 2.45) is 5.92 Å². The highest BCUT2D eigenvalue weighted by molar-refractivity contribution is 5.20. The van der Waals surface area contributed by atoms with Crippen molar-refractivity contribution in [1.29, 1.82) is 0 Å². The fourth-order valence-electron chi connectivity index (χ4n) is 3.29. The van der Waals surface area contributed by atoms with E-state index in [9.17, 15) is 5.11 Å². The Balaban J connectivity index is 1.42. The second kappa shape index (κ2) is 6.06. The van der Waals surface area contributed by atoms with E-state index in [1.165, 1.54) is 44.1 Å². The molecule has 0 aromatic heterocycles. The standard InChI is InChI=1S/C17H25NO/c19-17(15-6-7-15)12-18-16-10-8-14(9-11-16)13-4-2-1-3-5-13/h1-5,14-19H,6-12H2. The van der Waals surface area contributed by atoms with Gasteiger partial charge < -0.3 is 10.4 Å². The van der Waals surface area contributed by atoms with E-state index < -0.39 is 0 Å². The van der Waals surface area contributed by atoms with Crippen LogP contribution in [0, 0.1) is 5.92 Å². The van der Waals surface area contributed by atoms with Gasteiger partial charge in [-0.25, -0.2) is 0 Å². The molecule has 2 nitrogen and oxygen atoms in total. The molecule has 2 saturated carbocycles. The first kappa shape index (κ1) is 13.1. The Morgan fingerprint density at radius 2 is 1.68 bits per heavy atom. The van der Waals surface area contributed by atoms with Crippen molar-refractivity contribution in [2.45, 2.75) is 56.6 Å². The van der Waals surface area contributed by atoms with Crippen molar-refractivity contribution < 1.29 is 5.11 Å². The van der Waals surface area contributed by atoms with Crippen LogP contribution in [0.25, 0.3) is 0 Å². The SMILES string of the molecule is OC(CNC1CCC(c2ccccc2)CC1)C1CC1. The van der Waals surface area contributed by atoms with Crippen LogP contribution in [0.3, 0.4) is 0 Å². The molecule has 104 valence electrons. The minimum atomic E-state index is -0.105. The summed E-state index contributed by atoms with van der Waals surface area (Å²) in [6.07, 6.45) is 7.40. The maximum Gasteiger partial charge on any atom is 0.0692 e. The highest BCUT2D eigenvalue weighted by atomic mass is 16.3. The maximum atomic E-state index is 9.89. The minimum absolute atomic E-state index is 0.105. The molecule has 2 fully saturated rings. The van der Waals surface area contributed by atoms with Crippen LogP contribution in [-0.4, -0.2) is 23.8 Å². The lowest BCUT2D eigenvalue weighted by molar-refractivity contribution is 0.141. The van der Waals surface area contributed by atoms with E-state index in [0.29, 0.717) is 12.0 Å². The number of hydrogen-bond acceptors (Lipinski definition) is 2. The van der Waals surface area contributed by atoms with Crippen LogP contribution >= 0.6 is 0 Å². The number of nitrogens with one attached hydrogen (secondary N) is 1. The van der Waals surface area contributed by atoms with E-state index in [1.807, 2.05) is 0 Å². The minimum Gasteiger partial charge on any atom is -0.392 e. The number of hydrogen-bond donors (Lipinski definition) is 2. The summed E-state index contributed by atoms with van der Waals surface area (Å²) in [5.74, 6) is 1.33. The maximum absolute atomic E-state index is 9.89. The van der Waals surface area contributed by atoms with Gasteiger partial charge >= 0.3 is 0 Å². The Morgan fingerprint density at radius 1 is 1.00 bits per heavy atom. The van der Waals surface area contributed by atoms with Gasteiger partial charge in [0.2, 0.25) is 0 Å². The van der Waals surface area contributed by atoms with Gasteiger partial charge in [-0.05, 0) is 55.9 Å². The van der Waals surface area contributed by atoms with Gasteiger partial charge in [0.05, 0.1) is 6.10 Å². The molecule has 3 rings (SSSR count). The molecule has 0 amide bonds. The van der Waals surface area contributed by atoms with Crippen molar-refractivity contribution in [3.63, 3.8) is 0 Å². The summed E-state index contributed by atoms with van der Waals surface area (Å²) in [6.45, 7) is 0.797. The van der Waals surface area contributed by atoms with Crippen LogP contribution in [0.1, 0.15) is 50.0 Å². The zero-order chi connectivity index (χ0) is 13.1. The van der Waals surface area contributed by atoms with Crippen molar-refractivity contribution in [1.82, 2.24) is 5.32 Å². The Morgan fingerprint density at radius 3 is 2.32 bits per heavy atom. The van der Waals surface area contributed by atoms with E-state index in [2.05, 4.69) is 35.6 Å². The van der Waals surface area contributed by atoms with E-state index >= 15 is 0 Å². The predicted molar refractivity (Wildman–Crippen MR) is 78.2 cm³/mol. The molecule has 0 aliphatic heterocycles. The van der Waals surface area contributed by atoms with Gasteiger partial charge in [0.1, 0.15) is 0 Å². The van der Waals surface area contributed by atoms with Crippen LogP contribution < -0.4 is 5.32 Å². The second-order valence-electron chi connectivity index (χ2n) is 6.27. The van der Waals surface area contributed by atoms with Gasteiger partial charge in [0, 0.05) is 12.6 Å². The molecule has 0 heterocycles. The Kier molecular flexibility index (Phi) is 4.19. The molecule has 1 unspecified atom stereocenters. The summed E-state index contributed by atoms with van der Waals surface area (Å²) < 4.78 is 0. The molecule has 2 aliphatic rings. The zero-order valence-electron chi connectivity index (χ0n) is 11.6. The first-order valence-corrected chi connectivity index (χ1v) is 7.79. The lowest BCUT2D eigenvalue weighted by atomic mass is 9.82. The fourth-order valence-corrected chi connectivity index (χ4v) is 3.29. The van der Waals surface area contributed by atoms with Gasteiger partial charge in [-0.2, -0.15) is 0 Å². The first-order chi connectivity index (χ1) is 9.33. The van der Waals surface area contributed by atoms with Crippen molar-refractivity contribution >= 4 is 0 Å². The molecule has 1 atom stereocenters. The highest BCUT2D eigenvalue weighted by Gasteiger charge is 2.30. The fraction of sp³-hybridized carbons (Fsp3) is 0.647. The van der Waals surface area contributed by atoms with Crippen LogP contribution in [0.5, 0.6) is 0 Å². The topological polar surface area (TPSA) is 32.3 Å². The Bertz CT molecular complexity index is 380. The summed E-state index contributed by atoms with van der Waals surface area (Å²) in [5, 5.41) is 13.5. The van der Waals surface area contributed by atoms with E-state index in [-0.39, 0.29) is 6.10 Å². The largest absolute Gasteiger partial charge is 0.392 e. The molecule has 2 heteroatoms. The molecule has 0 spiro atoms. The Labute approximate surface area is 116 Å². The van der Waals surface area contributed by atoms with E-state index in [0.717, 1.165) is 12.5 Å². The molecule has 0 saturated heterocycles. The van der Waals surface area contributed by atoms with Gasteiger partial charge in [-0.1, -0.05) is 30.3 Å². The van der Waals surface area contributed by atoms with Gasteiger partial charge in [-0.3, -0.25) is 0 Å². The number of rotatable bonds is 5. The molecule has 0 radical (unpaired) electrons. The third-order valence-electron chi connectivity index (χ3n) is 4.78. The molecule has 1 aromatic rings. The molecule has 19 heavy (non-hydrogen) atoms. The van der Waals surface area contributed by atoms with E-state index in [4.69, 9.17) is 0 Å². The smallest absolute Gasteiger partial charge is 0.0692 e. The average Bonchev–Trinajstić information content (AvgIpc) is 3.31. The van der Waals surface area contributed by atoms with Crippen molar-refractivity contribution in [3.8, 4) is 0 Å². The number of benzene rings is 1. The van der Waals surface area contributed by atoms with Crippen molar-refractivity contribution in [3.05, 3.63) is 35.9 Å². The zero-order valence-corrected chi connectivity index (χ0v) is 11.6. The summed E-state index contributed by atoms with van der Waals surface area (Å²) >= 11 is 0. The molecule has 0 bridgehead atoms. The third kappa shape index (κ3) is 3.58. The molecule has 1 aromatic carbocycles. The summed E-state index contributed by atoms with van der Waals surface area (Å²) in [4.78, 5) is 0. The lowest BCUT2D eigenvalue weighted by Gasteiger charge is -2.30. The van der Waals surface area contributed by atoms with Crippen molar-refractivity contribution in [2.75, 3.05) is 6.54 Å². The first-order valence-electron chi connectivity index (χ1n) is 7.79. The number of aliphatic hydroxyl groups excluding tert-OH is 1. The van der Waals surface area contributed by atoms with Crippen LogP contribution in [0.4, 0.5) is 0 Å². The molecular formula is C17H25NO. The quantitative estimate of drug-likeness (QED) is 0.851. The molecule has 2 N–H and O–H groups in total. The third-order valence-corrected chi connectivity index (χ3v) is 4.78. The average molecular weight is 259 g/mol. The summed E-state index contributed by atoms with van der Waals surface area (Å²) in [7, 11) is 0. The van der Waals surface area contributed by atoms with E-state index in [1.54, 1.807) is 0 Å². The summed E-state index contributed by atoms with van der Waals surface area (Å²) in [5.41, 5.74) is 1.50. The normalized spacial score (nSPS) is 29.1. The Hall–Kier alpha value is -0.860. The molecule has 2 aliphatic carbocycles.